The fourth-order valence-corrected chi connectivity index (χ4v) is 3.99. The lowest BCUT2D eigenvalue weighted by Crippen LogP contribution is -2.49. The Kier molecular flexibility index (Phi) is 6.86. The maximum Gasteiger partial charge on any atom is 0.227 e. The predicted octanol–water partition coefficient (Wildman–Crippen LogP) is 1.91. The maximum atomic E-state index is 12.7. The van der Waals surface area contributed by atoms with E-state index >= 15 is 0 Å². The maximum absolute atomic E-state index is 12.7. The van der Waals surface area contributed by atoms with Crippen LogP contribution in [-0.4, -0.2) is 80.4 Å². The Morgan fingerprint density at radius 3 is 2.39 bits per heavy atom. The lowest BCUT2D eigenvalue weighted by Gasteiger charge is -2.36. The van der Waals surface area contributed by atoms with Crippen molar-refractivity contribution in [2.24, 2.45) is 0 Å². The number of carbonyl (C=O) groups excluding carboxylic acids is 1. The van der Waals surface area contributed by atoms with Gasteiger partial charge in [-0.2, -0.15) is 4.98 Å². The molecule has 0 spiro atoms. The van der Waals surface area contributed by atoms with Crippen molar-refractivity contribution in [2.45, 2.75) is 19.8 Å². The standard InChI is InChI=1S/C23H31N5O3/c1-18-17-21(25-23(24-18)28-13-15-31-16-14-28)26-9-11-27(12-10-26)22(29)8-5-19-3-6-20(30-2)7-4-19/h3-4,6-7,17H,5,8-16H2,1-2H3. The van der Waals surface area contributed by atoms with Crippen LogP contribution in [0.2, 0.25) is 0 Å². The number of ether oxygens (including phenoxy) is 2. The fourth-order valence-electron chi connectivity index (χ4n) is 3.99. The number of benzene rings is 1. The van der Waals surface area contributed by atoms with Gasteiger partial charge < -0.3 is 24.2 Å². The van der Waals surface area contributed by atoms with Crippen LogP contribution in [0.15, 0.2) is 30.3 Å². The molecule has 166 valence electrons. The Morgan fingerprint density at radius 1 is 1.00 bits per heavy atom. The molecule has 8 heteroatoms. The Morgan fingerprint density at radius 2 is 1.71 bits per heavy atom. The van der Waals surface area contributed by atoms with Crippen molar-refractivity contribution >= 4 is 17.7 Å². The zero-order chi connectivity index (χ0) is 21.6. The van der Waals surface area contributed by atoms with Gasteiger partial charge >= 0.3 is 0 Å². The Labute approximate surface area is 183 Å². The van der Waals surface area contributed by atoms with Gasteiger partial charge in [0.2, 0.25) is 11.9 Å². The molecule has 31 heavy (non-hydrogen) atoms. The number of nitrogens with zero attached hydrogens (tertiary/aromatic N) is 5. The van der Waals surface area contributed by atoms with Crippen LogP contribution in [0, 0.1) is 6.92 Å². The van der Waals surface area contributed by atoms with Gasteiger partial charge in [0.15, 0.2) is 0 Å². The van der Waals surface area contributed by atoms with Crippen molar-refractivity contribution in [3.63, 3.8) is 0 Å². The molecular formula is C23H31N5O3. The number of amides is 1. The van der Waals surface area contributed by atoms with Crippen LogP contribution in [0.5, 0.6) is 5.75 Å². The molecule has 0 saturated carbocycles. The first kappa shape index (κ1) is 21.4. The minimum absolute atomic E-state index is 0.211. The van der Waals surface area contributed by atoms with Crippen LogP contribution >= 0.6 is 0 Å². The lowest BCUT2D eigenvalue weighted by atomic mass is 10.1. The highest BCUT2D eigenvalue weighted by Crippen LogP contribution is 2.20. The second kappa shape index (κ2) is 9.96. The van der Waals surface area contributed by atoms with E-state index in [0.717, 1.165) is 74.5 Å². The molecule has 2 aliphatic rings. The first-order valence-corrected chi connectivity index (χ1v) is 11.0. The van der Waals surface area contributed by atoms with E-state index in [1.54, 1.807) is 7.11 Å². The van der Waals surface area contributed by atoms with Gasteiger partial charge in [-0.25, -0.2) is 4.98 Å². The molecule has 0 bridgehead atoms. The van der Waals surface area contributed by atoms with Gasteiger partial charge in [0.1, 0.15) is 11.6 Å². The molecule has 0 unspecified atom stereocenters. The number of aryl methyl sites for hydroxylation is 2. The van der Waals surface area contributed by atoms with Crippen molar-refractivity contribution in [3.8, 4) is 5.75 Å². The fraction of sp³-hybridized carbons (Fsp3) is 0.522. The average molecular weight is 426 g/mol. The average Bonchev–Trinajstić information content (AvgIpc) is 2.83. The third kappa shape index (κ3) is 5.44. The molecule has 4 rings (SSSR count). The summed E-state index contributed by atoms with van der Waals surface area (Å²) >= 11 is 0. The van der Waals surface area contributed by atoms with Crippen LogP contribution in [0.4, 0.5) is 11.8 Å². The number of morpholine rings is 1. The van der Waals surface area contributed by atoms with Crippen LogP contribution in [-0.2, 0) is 16.0 Å². The molecule has 0 radical (unpaired) electrons. The normalized spacial score (nSPS) is 17.0. The molecule has 1 amide bonds. The summed E-state index contributed by atoms with van der Waals surface area (Å²) in [5.41, 5.74) is 2.12. The summed E-state index contributed by atoms with van der Waals surface area (Å²) in [7, 11) is 1.66. The lowest BCUT2D eigenvalue weighted by molar-refractivity contribution is -0.131. The second-order valence-corrected chi connectivity index (χ2v) is 7.98. The van der Waals surface area contributed by atoms with Crippen LogP contribution in [0.3, 0.4) is 0 Å². The van der Waals surface area contributed by atoms with E-state index in [1.165, 1.54) is 0 Å². The highest BCUT2D eigenvalue weighted by atomic mass is 16.5. The number of aromatic nitrogens is 2. The summed E-state index contributed by atoms with van der Waals surface area (Å²) in [6.07, 6.45) is 1.27. The van der Waals surface area contributed by atoms with Crippen molar-refractivity contribution in [1.29, 1.82) is 0 Å². The van der Waals surface area contributed by atoms with Crippen LogP contribution < -0.4 is 14.5 Å². The van der Waals surface area contributed by atoms with E-state index in [4.69, 9.17) is 14.5 Å². The van der Waals surface area contributed by atoms with Gasteiger partial charge in [-0.15, -0.1) is 0 Å². The number of methoxy groups -OCH3 is 1. The number of hydrogen-bond acceptors (Lipinski definition) is 7. The summed E-state index contributed by atoms with van der Waals surface area (Å²) in [5.74, 6) is 2.77. The first-order valence-electron chi connectivity index (χ1n) is 11.0. The SMILES string of the molecule is COc1ccc(CCC(=O)N2CCN(c3cc(C)nc(N4CCOCC4)n3)CC2)cc1. The van der Waals surface area contributed by atoms with E-state index in [-0.39, 0.29) is 5.91 Å². The van der Waals surface area contributed by atoms with Gasteiger partial charge in [0.05, 0.1) is 20.3 Å². The van der Waals surface area contributed by atoms with Gasteiger partial charge in [-0.1, -0.05) is 12.1 Å². The highest BCUT2D eigenvalue weighted by molar-refractivity contribution is 5.76. The number of piperazine rings is 1. The molecule has 0 atom stereocenters. The number of anilines is 2. The zero-order valence-corrected chi connectivity index (χ0v) is 18.4. The highest BCUT2D eigenvalue weighted by Gasteiger charge is 2.23. The van der Waals surface area contributed by atoms with Crippen molar-refractivity contribution in [1.82, 2.24) is 14.9 Å². The Bertz CT molecular complexity index is 875. The number of hydrogen-bond donors (Lipinski definition) is 0. The van der Waals surface area contributed by atoms with E-state index in [0.29, 0.717) is 19.6 Å². The molecule has 2 aromatic rings. The summed E-state index contributed by atoms with van der Waals surface area (Å²) in [4.78, 5) is 28.5. The van der Waals surface area contributed by atoms with E-state index < -0.39 is 0 Å². The van der Waals surface area contributed by atoms with E-state index in [2.05, 4.69) is 14.8 Å². The van der Waals surface area contributed by atoms with Crippen molar-refractivity contribution in [3.05, 3.63) is 41.6 Å². The van der Waals surface area contributed by atoms with Gasteiger partial charge in [-0.05, 0) is 31.0 Å². The minimum atomic E-state index is 0.211. The van der Waals surface area contributed by atoms with Gasteiger partial charge in [-0.3, -0.25) is 4.79 Å². The summed E-state index contributed by atoms with van der Waals surface area (Å²) in [6, 6.07) is 9.95. The quantitative estimate of drug-likeness (QED) is 0.700. The number of rotatable bonds is 6. The zero-order valence-electron chi connectivity index (χ0n) is 18.4. The topological polar surface area (TPSA) is 71.0 Å². The molecule has 8 nitrogen and oxygen atoms in total. The molecule has 2 fully saturated rings. The van der Waals surface area contributed by atoms with Gasteiger partial charge in [0, 0.05) is 57.4 Å². The third-order valence-electron chi connectivity index (χ3n) is 5.87. The summed E-state index contributed by atoms with van der Waals surface area (Å²) in [6.45, 7) is 8.08. The Hall–Kier alpha value is -2.87. The van der Waals surface area contributed by atoms with E-state index in [1.807, 2.05) is 42.2 Å². The summed E-state index contributed by atoms with van der Waals surface area (Å²) < 4.78 is 10.6. The molecule has 0 aliphatic carbocycles. The second-order valence-electron chi connectivity index (χ2n) is 7.98. The molecule has 0 N–H and O–H groups in total. The Balaban J connectivity index is 1.30. The molecular weight excluding hydrogens is 394 g/mol. The molecule has 1 aromatic carbocycles. The first-order chi connectivity index (χ1) is 15.1. The molecule has 2 aliphatic heterocycles. The van der Waals surface area contributed by atoms with Crippen LogP contribution in [0.1, 0.15) is 17.7 Å². The van der Waals surface area contributed by atoms with Crippen molar-refractivity contribution in [2.75, 3.05) is 69.4 Å². The monoisotopic (exact) mass is 425 g/mol. The van der Waals surface area contributed by atoms with Crippen molar-refractivity contribution < 1.29 is 14.3 Å². The number of carbonyl (C=O) groups is 1. The molecule has 2 saturated heterocycles. The predicted molar refractivity (Wildman–Crippen MR) is 120 cm³/mol. The smallest absolute Gasteiger partial charge is 0.227 e. The van der Waals surface area contributed by atoms with E-state index in [9.17, 15) is 4.79 Å². The third-order valence-corrected chi connectivity index (χ3v) is 5.87. The summed E-state index contributed by atoms with van der Waals surface area (Å²) in [5, 5.41) is 0. The van der Waals surface area contributed by atoms with Crippen LogP contribution in [0.25, 0.3) is 0 Å². The largest absolute Gasteiger partial charge is 0.497 e. The van der Waals surface area contributed by atoms with Gasteiger partial charge in [0.25, 0.3) is 0 Å². The molecule has 1 aromatic heterocycles. The molecule has 3 heterocycles. The minimum Gasteiger partial charge on any atom is -0.497 e.